The second-order valence-corrected chi connectivity index (χ2v) is 8.78. The largest absolute Gasteiger partial charge is 0.493 e. The molecule has 0 spiro atoms. The lowest BCUT2D eigenvalue weighted by Crippen LogP contribution is -2.24. The maximum absolute atomic E-state index is 12.3. The van der Waals surface area contributed by atoms with Crippen LogP contribution < -0.4 is 19.6 Å². The van der Waals surface area contributed by atoms with Crippen LogP contribution in [0.1, 0.15) is 11.1 Å². The maximum Gasteiger partial charge on any atom is 0.277 e. The van der Waals surface area contributed by atoms with Crippen LogP contribution in [0.4, 0.5) is 0 Å². The molecular weight excluding hydrogens is 502 g/mol. The maximum atomic E-state index is 12.3. The molecule has 0 aliphatic rings. The third-order valence-corrected chi connectivity index (χ3v) is 6.14. The lowest BCUT2D eigenvalue weighted by atomic mass is 10.1. The molecule has 1 amide bonds. The Morgan fingerprint density at radius 3 is 2.63 bits per heavy atom. The number of benzene rings is 4. The number of carbonyl (C=O) groups excluding carboxylic acids is 1. The van der Waals surface area contributed by atoms with Gasteiger partial charge in [-0.3, -0.25) is 9.78 Å². The van der Waals surface area contributed by atoms with E-state index >= 15 is 0 Å². The van der Waals surface area contributed by atoms with E-state index in [0.717, 1.165) is 21.7 Å². The number of hydrogen-bond acceptors (Lipinski definition) is 6. The number of hydrazone groups is 1. The summed E-state index contributed by atoms with van der Waals surface area (Å²) in [6.07, 6.45) is 3.15. The Morgan fingerprint density at radius 2 is 1.74 bits per heavy atom. The average molecular weight is 526 g/mol. The van der Waals surface area contributed by atoms with Gasteiger partial charge in [-0.2, -0.15) is 5.10 Å². The van der Waals surface area contributed by atoms with E-state index in [1.807, 2.05) is 48.5 Å². The van der Waals surface area contributed by atoms with Crippen molar-refractivity contribution in [1.82, 2.24) is 10.4 Å². The van der Waals surface area contributed by atoms with Crippen molar-refractivity contribution >= 4 is 45.4 Å². The highest BCUT2D eigenvalue weighted by Gasteiger charge is 2.13. The molecule has 0 aliphatic carbocycles. The fraction of sp³-hybridized carbons (Fsp3) is 0.100. The van der Waals surface area contributed by atoms with Gasteiger partial charge in [0.25, 0.3) is 5.91 Å². The molecule has 0 saturated heterocycles. The third kappa shape index (κ3) is 5.68. The van der Waals surface area contributed by atoms with E-state index < -0.39 is 5.91 Å². The van der Waals surface area contributed by atoms with Gasteiger partial charge in [0.2, 0.25) is 0 Å². The predicted molar refractivity (Wildman–Crippen MR) is 149 cm³/mol. The van der Waals surface area contributed by atoms with Gasteiger partial charge in [-0.15, -0.1) is 0 Å². The van der Waals surface area contributed by atoms with Crippen LogP contribution >= 0.6 is 11.6 Å². The summed E-state index contributed by atoms with van der Waals surface area (Å²) in [4.78, 5) is 16.6. The Kier molecular flexibility index (Phi) is 7.66. The second-order valence-electron chi connectivity index (χ2n) is 8.37. The zero-order valence-electron chi connectivity index (χ0n) is 20.6. The molecule has 5 rings (SSSR count). The molecule has 0 bridgehead atoms. The number of amides is 1. The zero-order valence-corrected chi connectivity index (χ0v) is 21.3. The predicted octanol–water partition coefficient (Wildman–Crippen LogP) is 6.16. The molecule has 0 saturated carbocycles. The molecule has 5 aromatic rings. The number of pyridine rings is 1. The fourth-order valence-electron chi connectivity index (χ4n) is 4.07. The summed E-state index contributed by atoms with van der Waals surface area (Å²) >= 11 is 6.52. The number of rotatable bonds is 9. The Bertz CT molecular complexity index is 1630. The summed E-state index contributed by atoms with van der Waals surface area (Å²) in [5.74, 6) is 0.998. The van der Waals surface area contributed by atoms with E-state index in [4.69, 9.17) is 25.8 Å². The highest BCUT2D eigenvalue weighted by molar-refractivity contribution is 6.32. The minimum atomic E-state index is -0.415. The van der Waals surface area contributed by atoms with Gasteiger partial charge in [0.1, 0.15) is 17.9 Å². The van der Waals surface area contributed by atoms with Crippen LogP contribution in [0, 0.1) is 0 Å². The van der Waals surface area contributed by atoms with E-state index in [9.17, 15) is 4.79 Å². The van der Waals surface area contributed by atoms with Gasteiger partial charge in [0.15, 0.2) is 18.1 Å². The molecule has 1 aromatic heterocycles. The van der Waals surface area contributed by atoms with Gasteiger partial charge in [-0.1, -0.05) is 72.3 Å². The molecule has 0 unspecified atom stereocenters. The summed E-state index contributed by atoms with van der Waals surface area (Å²) in [7, 11) is 1.54. The molecule has 4 aromatic carbocycles. The van der Waals surface area contributed by atoms with E-state index in [1.165, 1.54) is 6.21 Å². The number of aromatic nitrogens is 1. The van der Waals surface area contributed by atoms with E-state index in [-0.39, 0.29) is 6.61 Å². The second kappa shape index (κ2) is 11.6. The van der Waals surface area contributed by atoms with Gasteiger partial charge in [-0.25, -0.2) is 5.43 Å². The number of halogens is 1. The van der Waals surface area contributed by atoms with Crippen molar-refractivity contribution in [2.24, 2.45) is 5.10 Å². The van der Waals surface area contributed by atoms with Gasteiger partial charge in [-0.05, 0) is 46.2 Å². The lowest BCUT2D eigenvalue weighted by Gasteiger charge is -2.14. The first-order valence-electron chi connectivity index (χ1n) is 11.9. The van der Waals surface area contributed by atoms with Crippen molar-refractivity contribution in [2.75, 3.05) is 13.7 Å². The summed E-state index contributed by atoms with van der Waals surface area (Å²) in [5, 5.41) is 7.56. The van der Waals surface area contributed by atoms with Crippen molar-refractivity contribution in [1.29, 1.82) is 0 Å². The topological polar surface area (TPSA) is 82.0 Å². The summed E-state index contributed by atoms with van der Waals surface area (Å²) in [6.45, 7) is 0.116. The number of ether oxygens (including phenoxy) is 3. The highest BCUT2D eigenvalue weighted by atomic mass is 35.5. The van der Waals surface area contributed by atoms with Crippen molar-refractivity contribution in [2.45, 2.75) is 6.61 Å². The van der Waals surface area contributed by atoms with Crippen molar-refractivity contribution < 1.29 is 19.0 Å². The Morgan fingerprint density at radius 1 is 0.947 bits per heavy atom. The normalized spacial score (nSPS) is 11.1. The summed E-state index contributed by atoms with van der Waals surface area (Å²) < 4.78 is 17.2. The van der Waals surface area contributed by atoms with Crippen LogP contribution in [0.2, 0.25) is 5.02 Å². The van der Waals surface area contributed by atoms with Crippen LogP contribution in [-0.2, 0) is 11.4 Å². The first-order chi connectivity index (χ1) is 18.6. The Labute approximate surface area is 224 Å². The number of nitrogens with one attached hydrogen (secondary N) is 1. The molecule has 1 heterocycles. The van der Waals surface area contributed by atoms with Crippen molar-refractivity contribution in [3.05, 3.63) is 107 Å². The molecule has 0 fully saturated rings. The van der Waals surface area contributed by atoms with E-state index in [1.54, 1.807) is 31.5 Å². The van der Waals surface area contributed by atoms with Crippen molar-refractivity contribution in [3.8, 4) is 17.2 Å². The van der Waals surface area contributed by atoms with Crippen molar-refractivity contribution in [3.63, 3.8) is 0 Å². The molecule has 7 nitrogen and oxygen atoms in total. The summed E-state index contributed by atoms with van der Waals surface area (Å²) in [6, 6.07) is 27.0. The molecular formula is C30H24ClN3O4. The standard InChI is InChI=1S/C30H24ClN3O4/c1-36-27-16-20(15-25(31)30(27)38-18-23-10-4-8-21-7-2-3-12-24(21)23)17-33-34-28(35)19-37-26-13-5-9-22-11-6-14-32-29(22)26/h2-17H,18-19H2,1H3,(H,34,35)/b33-17+. The van der Waals surface area contributed by atoms with Crippen LogP contribution in [0.5, 0.6) is 17.2 Å². The molecule has 0 atom stereocenters. The minimum absolute atomic E-state index is 0.210. The van der Waals surface area contributed by atoms with Gasteiger partial charge in [0, 0.05) is 11.6 Å². The Hall–Kier alpha value is -4.62. The van der Waals surface area contributed by atoms with Gasteiger partial charge < -0.3 is 14.2 Å². The molecule has 8 heteroatoms. The highest BCUT2D eigenvalue weighted by Crippen LogP contribution is 2.37. The molecule has 190 valence electrons. The number of nitrogens with zero attached hydrogens (tertiary/aromatic N) is 2. The fourth-order valence-corrected chi connectivity index (χ4v) is 4.34. The quantitative estimate of drug-likeness (QED) is 0.184. The Balaban J connectivity index is 1.21. The van der Waals surface area contributed by atoms with Crippen LogP contribution in [-0.4, -0.2) is 30.8 Å². The molecule has 0 radical (unpaired) electrons. The summed E-state index contributed by atoms with van der Waals surface area (Å²) in [5.41, 5.74) is 4.81. The average Bonchev–Trinajstić information content (AvgIpc) is 2.95. The zero-order chi connectivity index (χ0) is 26.3. The first-order valence-corrected chi connectivity index (χ1v) is 12.3. The van der Waals surface area contributed by atoms with Crippen LogP contribution in [0.3, 0.4) is 0 Å². The smallest absolute Gasteiger partial charge is 0.277 e. The number of para-hydroxylation sites is 1. The number of fused-ring (bicyclic) bond motifs is 2. The van der Waals surface area contributed by atoms with Gasteiger partial charge in [0.05, 0.1) is 18.3 Å². The van der Waals surface area contributed by atoms with E-state index in [2.05, 4.69) is 33.7 Å². The van der Waals surface area contributed by atoms with Crippen LogP contribution in [0.25, 0.3) is 21.7 Å². The number of carbonyl (C=O) groups is 1. The molecule has 0 aliphatic heterocycles. The van der Waals surface area contributed by atoms with Gasteiger partial charge >= 0.3 is 0 Å². The SMILES string of the molecule is COc1cc(/C=N/NC(=O)COc2cccc3cccnc23)cc(Cl)c1OCc1cccc2ccccc12. The number of hydrogen-bond donors (Lipinski definition) is 1. The number of methoxy groups -OCH3 is 1. The monoisotopic (exact) mass is 525 g/mol. The van der Waals surface area contributed by atoms with E-state index in [0.29, 0.717) is 40.0 Å². The lowest BCUT2D eigenvalue weighted by molar-refractivity contribution is -0.123. The molecule has 38 heavy (non-hydrogen) atoms. The van der Waals surface area contributed by atoms with Crippen LogP contribution in [0.15, 0.2) is 96.2 Å². The first kappa shape index (κ1) is 25.0. The third-order valence-electron chi connectivity index (χ3n) is 5.86. The molecule has 1 N–H and O–H groups in total. The minimum Gasteiger partial charge on any atom is -0.493 e.